The summed E-state index contributed by atoms with van der Waals surface area (Å²) in [5.41, 5.74) is 2.16. The standard InChI is InChI=1S/C27H26ClFN6O3/c28-21-14-31-25(32-18-7-9-19(10-8-18)33-27-35-23(15-38-27)26(36)37)12-20(21)22-5-2-6-24(34-22)30-13-16-3-1-4-17(29)11-16/h1-6,11-12,14-15,18-19H,7-10,13H2,(H,30,34)(H,31,32)(H,33,35)(H,36,37). The molecule has 5 rings (SSSR count). The quantitative estimate of drug-likeness (QED) is 0.201. The number of halogens is 2. The van der Waals surface area contributed by atoms with Gasteiger partial charge in [0.25, 0.3) is 6.01 Å². The smallest absolute Gasteiger partial charge is 0.357 e. The van der Waals surface area contributed by atoms with Crippen LogP contribution in [0.15, 0.2) is 65.4 Å². The van der Waals surface area contributed by atoms with Crippen LogP contribution >= 0.6 is 11.6 Å². The summed E-state index contributed by atoms with van der Waals surface area (Å²) < 4.78 is 18.7. The van der Waals surface area contributed by atoms with E-state index in [-0.39, 0.29) is 29.6 Å². The number of carbonyl (C=O) groups is 1. The van der Waals surface area contributed by atoms with Gasteiger partial charge < -0.3 is 25.5 Å². The van der Waals surface area contributed by atoms with Gasteiger partial charge in [-0.15, -0.1) is 0 Å². The van der Waals surface area contributed by atoms with Crippen molar-refractivity contribution in [1.29, 1.82) is 0 Å². The van der Waals surface area contributed by atoms with Gasteiger partial charge in [0.1, 0.15) is 23.7 Å². The second-order valence-corrected chi connectivity index (χ2v) is 9.53. The van der Waals surface area contributed by atoms with Gasteiger partial charge in [-0.2, -0.15) is 4.98 Å². The minimum absolute atomic E-state index is 0.116. The molecule has 0 spiro atoms. The molecule has 0 aliphatic heterocycles. The first-order valence-electron chi connectivity index (χ1n) is 12.3. The van der Waals surface area contributed by atoms with Crippen molar-refractivity contribution in [2.45, 2.75) is 44.3 Å². The predicted octanol–water partition coefficient (Wildman–Crippen LogP) is 6.07. The van der Waals surface area contributed by atoms with E-state index in [4.69, 9.17) is 21.1 Å². The van der Waals surface area contributed by atoms with Gasteiger partial charge >= 0.3 is 5.97 Å². The lowest BCUT2D eigenvalue weighted by molar-refractivity contribution is 0.0690. The highest BCUT2D eigenvalue weighted by Gasteiger charge is 2.23. The summed E-state index contributed by atoms with van der Waals surface area (Å²) in [6.45, 7) is 0.444. The number of aromatic nitrogens is 3. The van der Waals surface area contributed by atoms with Gasteiger partial charge in [0.15, 0.2) is 5.69 Å². The number of nitrogens with zero attached hydrogens (tertiary/aromatic N) is 3. The van der Waals surface area contributed by atoms with Crippen LogP contribution in [-0.4, -0.2) is 38.1 Å². The van der Waals surface area contributed by atoms with Gasteiger partial charge in [-0.25, -0.2) is 19.2 Å². The molecule has 9 nitrogen and oxygen atoms in total. The van der Waals surface area contributed by atoms with E-state index in [0.29, 0.717) is 28.9 Å². The number of hydrogen-bond acceptors (Lipinski definition) is 8. The minimum atomic E-state index is -1.12. The summed E-state index contributed by atoms with van der Waals surface area (Å²) >= 11 is 6.48. The summed E-state index contributed by atoms with van der Waals surface area (Å²) in [5.74, 6) is -0.0316. The number of oxazole rings is 1. The molecule has 0 radical (unpaired) electrons. The fourth-order valence-electron chi connectivity index (χ4n) is 4.44. The average molecular weight is 537 g/mol. The molecular weight excluding hydrogens is 511 g/mol. The van der Waals surface area contributed by atoms with Crippen molar-refractivity contribution in [1.82, 2.24) is 15.0 Å². The van der Waals surface area contributed by atoms with E-state index in [0.717, 1.165) is 43.1 Å². The third-order valence-corrected chi connectivity index (χ3v) is 6.67. The van der Waals surface area contributed by atoms with Gasteiger partial charge in [0, 0.05) is 30.4 Å². The monoisotopic (exact) mass is 536 g/mol. The number of benzene rings is 1. The average Bonchev–Trinajstić information content (AvgIpc) is 3.39. The Morgan fingerprint density at radius 2 is 1.79 bits per heavy atom. The van der Waals surface area contributed by atoms with Crippen LogP contribution in [0.25, 0.3) is 11.3 Å². The molecule has 3 aromatic heterocycles. The highest BCUT2D eigenvalue weighted by atomic mass is 35.5. The molecule has 1 aliphatic carbocycles. The summed E-state index contributed by atoms with van der Waals surface area (Å²) in [7, 11) is 0. The van der Waals surface area contributed by atoms with Crippen molar-refractivity contribution in [2.75, 3.05) is 16.0 Å². The maximum absolute atomic E-state index is 13.5. The first-order valence-corrected chi connectivity index (χ1v) is 12.6. The second kappa shape index (κ2) is 11.5. The van der Waals surface area contributed by atoms with Crippen LogP contribution in [0.2, 0.25) is 5.02 Å². The van der Waals surface area contributed by atoms with E-state index in [9.17, 15) is 9.18 Å². The number of rotatable bonds is 9. The molecule has 0 atom stereocenters. The van der Waals surface area contributed by atoms with Crippen molar-refractivity contribution >= 4 is 35.2 Å². The molecule has 1 aliphatic rings. The Morgan fingerprint density at radius 3 is 2.53 bits per heavy atom. The van der Waals surface area contributed by atoms with Gasteiger partial charge in [-0.1, -0.05) is 29.8 Å². The summed E-state index contributed by atoms with van der Waals surface area (Å²) in [6, 6.07) is 14.5. The summed E-state index contributed by atoms with van der Waals surface area (Å²) in [6.07, 6.45) is 6.26. The number of carboxylic acid groups (broad SMARTS) is 1. The van der Waals surface area contributed by atoms with Crippen LogP contribution in [0.1, 0.15) is 41.7 Å². The number of aromatic carboxylic acids is 1. The minimum Gasteiger partial charge on any atom is -0.476 e. The Morgan fingerprint density at radius 1 is 1.03 bits per heavy atom. The second-order valence-electron chi connectivity index (χ2n) is 9.12. The van der Waals surface area contributed by atoms with Gasteiger partial charge in [0.2, 0.25) is 0 Å². The van der Waals surface area contributed by atoms with Crippen molar-refractivity contribution in [3.05, 3.63) is 83.1 Å². The SMILES string of the molecule is O=C(O)c1coc(NC2CCC(Nc3cc(-c4cccc(NCc5cccc(F)c5)n4)c(Cl)cn3)CC2)n1. The van der Waals surface area contributed by atoms with Crippen molar-refractivity contribution < 1.29 is 18.7 Å². The highest BCUT2D eigenvalue weighted by Crippen LogP contribution is 2.30. The van der Waals surface area contributed by atoms with Crippen LogP contribution in [-0.2, 0) is 6.54 Å². The maximum atomic E-state index is 13.5. The van der Waals surface area contributed by atoms with E-state index < -0.39 is 5.97 Å². The number of carboxylic acids is 1. The van der Waals surface area contributed by atoms with Crippen LogP contribution in [0.5, 0.6) is 0 Å². The van der Waals surface area contributed by atoms with E-state index in [1.165, 1.54) is 12.1 Å². The normalized spacial score (nSPS) is 17.1. The zero-order chi connectivity index (χ0) is 26.5. The number of anilines is 3. The topological polar surface area (TPSA) is 125 Å². The molecule has 0 amide bonds. The van der Waals surface area contributed by atoms with E-state index >= 15 is 0 Å². The summed E-state index contributed by atoms with van der Waals surface area (Å²) in [5, 5.41) is 19.4. The Kier molecular flexibility index (Phi) is 7.69. The fraction of sp³-hybridized carbons (Fsp3) is 0.259. The van der Waals surface area contributed by atoms with E-state index in [2.05, 4.69) is 30.9 Å². The Balaban J connectivity index is 1.19. The molecule has 38 heavy (non-hydrogen) atoms. The third-order valence-electron chi connectivity index (χ3n) is 6.37. The van der Waals surface area contributed by atoms with E-state index in [1.807, 2.05) is 30.3 Å². The van der Waals surface area contributed by atoms with Crippen LogP contribution < -0.4 is 16.0 Å². The predicted molar refractivity (Wildman–Crippen MR) is 143 cm³/mol. The lowest BCUT2D eigenvalue weighted by Crippen LogP contribution is -2.32. The molecule has 0 bridgehead atoms. The first kappa shape index (κ1) is 25.5. The maximum Gasteiger partial charge on any atom is 0.357 e. The molecule has 4 N–H and O–H groups in total. The molecular formula is C27H26ClFN6O3. The Bertz CT molecular complexity index is 1420. The molecule has 1 saturated carbocycles. The number of hydrogen-bond donors (Lipinski definition) is 4. The van der Waals surface area contributed by atoms with Crippen molar-refractivity contribution in [3.63, 3.8) is 0 Å². The summed E-state index contributed by atoms with van der Waals surface area (Å²) in [4.78, 5) is 24.1. The van der Waals surface area contributed by atoms with Crippen molar-refractivity contribution in [2.24, 2.45) is 0 Å². The lowest BCUT2D eigenvalue weighted by atomic mass is 9.91. The highest BCUT2D eigenvalue weighted by molar-refractivity contribution is 6.33. The largest absolute Gasteiger partial charge is 0.476 e. The molecule has 1 aromatic carbocycles. The fourth-order valence-corrected chi connectivity index (χ4v) is 4.64. The zero-order valence-electron chi connectivity index (χ0n) is 20.3. The molecule has 0 saturated heterocycles. The molecule has 0 unspecified atom stereocenters. The van der Waals surface area contributed by atoms with Crippen LogP contribution in [0.4, 0.5) is 22.0 Å². The van der Waals surface area contributed by atoms with E-state index in [1.54, 1.807) is 12.3 Å². The molecule has 11 heteroatoms. The Hall–Kier alpha value is -4.18. The molecule has 4 aromatic rings. The van der Waals surface area contributed by atoms with Crippen LogP contribution in [0.3, 0.4) is 0 Å². The Labute approximate surface area is 223 Å². The van der Waals surface area contributed by atoms with Gasteiger partial charge in [-0.05, 0) is 61.6 Å². The zero-order valence-corrected chi connectivity index (χ0v) is 21.1. The third kappa shape index (κ3) is 6.38. The van der Waals surface area contributed by atoms with Crippen molar-refractivity contribution in [3.8, 4) is 11.3 Å². The lowest BCUT2D eigenvalue weighted by Gasteiger charge is -2.29. The molecule has 1 fully saturated rings. The molecule has 3 heterocycles. The van der Waals surface area contributed by atoms with Gasteiger partial charge in [0.05, 0.1) is 10.7 Å². The van der Waals surface area contributed by atoms with Crippen LogP contribution in [0, 0.1) is 5.82 Å². The first-order chi connectivity index (χ1) is 18.4. The van der Waals surface area contributed by atoms with Gasteiger partial charge in [-0.3, -0.25) is 0 Å². The number of nitrogens with one attached hydrogen (secondary N) is 3. The molecule has 196 valence electrons. The number of pyridine rings is 2.